The van der Waals surface area contributed by atoms with Crippen LogP contribution in [0, 0.1) is 0 Å². The molecule has 1 amide bonds. The van der Waals surface area contributed by atoms with Gasteiger partial charge in [-0.15, -0.1) is 5.10 Å². The highest BCUT2D eigenvalue weighted by Crippen LogP contribution is 2.20. The zero-order valence-electron chi connectivity index (χ0n) is 12.3. The number of carbonyl (C=O) groups is 1. The Morgan fingerprint density at radius 2 is 1.78 bits per heavy atom. The number of tetrazole rings is 1. The van der Waals surface area contributed by atoms with Crippen molar-refractivity contribution in [3.8, 4) is 11.5 Å². The van der Waals surface area contributed by atoms with E-state index in [1.165, 1.54) is 11.0 Å². The summed E-state index contributed by atoms with van der Waals surface area (Å²) < 4.78 is 7.08. The number of rotatable bonds is 6. The van der Waals surface area contributed by atoms with Gasteiger partial charge in [0.05, 0.1) is 0 Å². The number of para-hydroxylation sites is 1. The summed E-state index contributed by atoms with van der Waals surface area (Å²) in [4.78, 5) is 11.7. The molecule has 0 aliphatic carbocycles. The van der Waals surface area contributed by atoms with E-state index in [2.05, 4.69) is 20.8 Å². The van der Waals surface area contributed by atoms with E-state index in [0.717, 1.165) is 17.1 Å². The molecule has 0 spiro atoms. The fourth-order valence-electron chi connectivity index (χ4n) is 1.96. The van der Waals surface area contributed by atoms with E-state index in [0.29, 0.717) is 6.54 Å². The number of hydrogen-bond acceptors (Lipinski definition) is 5. The van der Waals surface area contributed by atoms with Gasteiger partial charge >= 0.3 is 0 Å². The van der Waals surface area contributed by atoms with Gasteiger partial charge in [-0.2, -0.15) is 0 Å². The van der Waals surface area contributed by atoms with Crippen LogP contribution in [-0.2, 0) is 17.9 Å². The molecular formula is C16H15N5O2. The Hall–Kier alpha value is -3.22. The standard InChI is InChI=1S/C16H15N5O2/c22-16(11-21-12-18-19-20-21)17-10-13-6-8-15(9-7-13)23-14-4-2-1-3-5-14/h1-9,12H,10-11H2,(H,17,22). The molecule has 0 aliphatic rings. The summed E-state index contributed by atoms with van der Waals surface area (Å²) in [6.45, 7) is 0.536. The lowest BCUT2D eigenvalue weighted by atomic mass is 10.2. The molecule has 7 nitrogen and oxygen atoms in total. The van der Waals surface area contributed by atoms with Gasteiger partial charge in [0.2, 0.25) is 5.91 Å². The van der Waals surface area contributed by atoms with Crippen molar-refractivity contribution in [3.63, 3.8) is 0 Å². The van der Waals surface area contributed by atoms with Gasteiger partial charge in [-0.05, 0) is 40.3 Å². The first kappa shape index (κ1) is 14.7. The van der Waals surface area contributed by atoms with Gasteiger partial charge in [0, 0.05) is 6.54 Å². The number of nitrogens with zero attached hydrogens (tertiary/aromatic N) is 4. The molecule has 0 atom stereocenters. The number of benzene rings is 2. The Bertz CT molecular complexity index is 742. The molecule has 7 heteroatoms. The third kappa shape index (κ3) is 4.37. The lowest BCUT2D eigenvalue weighted by Gasteiger charge is -2.08. The topological polar surface area (TPSA) is 81.9 Å². The van der Waals surface area contributed by atoms with Crippen molar-refractivity contribution in [2.75, 3.05) is 0 Å². The van der Waals surface area contributed by atoms with E-state index < -0.39 is 0 Å². The maximum Gasteiger partial charge on any atom is 0.242 e. The maximum absolute atomic E-state index is 11.7. The summed E-state index contributed by atoms with van der Waals surface area (Å²) in [7, 11) is 0. The van der Waals surface area contributed by atoms with Crippen molar-refractivity contribution < 1.29 is 9.53 Å². The molecule has 0 fully saturated rings. The highest BCUT2D eigenvalue weighted by Gasteiger charge is 2.04. The van der Waals surface area contributed by atoms with Crippen LogP contribution in [0.15, 0.2) is 60.9 Å². The Morgan fingerprint density at radius 3 is 2.48 bits per heavy atom. The number of ether oxygens (including phenoxy) is 1. The Kier molecular flexibility index (Phi) is 4.58. The summed E-state index contributed by atoms with van der Waals surface area (Å²) >= 11 is 0. The molecular weight excluding hydrogens is 294 g/mol. The van der Waals surface area contributed by atoms with Gasteiger partial charge in [0.1, 0.15) is 24.4 Å². The zero-order valence-corrected chi connectivity index (χ0v) is 12.3. The molecule has 1 aromatic heterocycles. The van der Waals surface area contributed by atoms with Gasteiger partial charge in [-0.25, -0.2) is 4.68 Å². The van der Waals surface area contributed by atoms with Crippen LogP contribution >= 0.6 is 0 Å². The van der Waals surface area contributed by atoms with Gasteiger partial charge in [-0.3, -0.25) is 4.79 Å². The second-order valence-electron chi connectivity index (χ2n) is 4.84. The van der Waals surface area contributed by atoms with Gasteiger partial charge in [-0.1, -0.05) is 30.3 Å². The number of aromatic nitrogens is 4. The van der Waals surface area contributed by atoms with Crippen LogP contribution in [0.1, 0.15) is 5.56 Å². The van der Waals surface area contributed by atoms with Crippen molar-refractivity contribution in [2.24, 2.45) is 0 Å². The fourth-order valence-corrected chi connectivity index (χ4v) is 1.96. The van der Waals surface area contributed by atoms with Gasteiger partial charge < -0.3 is 10.1 Å². The maximum atomic E-state index is 11.7. The molecule has 23 heavy (non-hydrogen) atoms. The normalized spacial score (nSPS) is 10.3. The van der Waals surface area contributed by atoms with Gasteiger partial charge in [0.15, 0.2) is 0 Å². The van der Waals surface area contributed by atoms with E-state index in [1.807, 2.05) is 54.6 Å². The largest absolute Gasteiger partial charge is 0.457 e. The lowest BCUT2D eigenvalue weighted by molar-refractivity contribution is -0.122. The highest BCUT2D eigenvalue weighted by molar-refractivity contribution is 5.75. The third-order valence-electron chi connectivity index (χ3n) is 3.09. The number of nitrogens with one attached hydrogen (secondary N) is 1. The molecule has 3 rings (SSSR count). The summed E-state index contributed by atoms with van der Waals surface area (Å²) in [5, 5.41) is 13.4. The van der Waals surface area contributed by atoms with Gasteiger partial charge in [0.25, 0.3) is 0 Å². The number of carbonyl (C=O) groups excluding carboxylic acids is 1. The van der Waals surface area contributed by atoms with Crippen molar-refractivity contribution in [3.05, 3.63) is 66.5 Å². The quantitative estimate of drug-likeness (QED) is 0.750. The second-order valence-corrected chi connectivity index (χ2v) is 4.84. The minimum Gasteiger partial charge on any atom is -0.457 e. The molecule has 0 saturated heterocycles. The van der Waals surface area contributed by atoms with Crippen LogP contribution in [0.3, 0.4) is 0 Å². The van der Waals surface area contributed by atoms with Crippen molar-refractivity contribution in [1.29, 1.82) is 0 Å². The smallest absolute Gasteiger partial charge is 0.242 e. The second kappa shape index (κ2) is 7.17. The van der Waals surface area contributed by atoms with E-state index in [9.17, 15) is 4.79 Å². The minimum absolute atomic E-state index is 0.0994. The Balaban J connectivity index is 1.50. The number of amides is 1. The molecule has 1 heterocycles. The molecule has 0 aliphatic heterocycles. The van der Waals surface area contributed by atoms with E-state index in [1.54, 1.807) is 0 Å². The number of hydrogen-bond donors (Lipinski definition) is 1. The average Bonchev–Trinajstić information content (AvgIpc) is 3.08. The summed E-state index contributed by atoms with van der Waals surface area (Å²) in [6, 6.07) is 17.1. The highest BCUT2D eigenvalue weighted by atomic mass is 16.5. The molecule has 0 radical (unpaired) electrons. The molecule has 1 N–H and O–H groups in total. The van der Waals surface area contributed by atoms with Crippen LogP contribution in [0.2, 0.25) is 0 Å². The average molecular weight is 309 g/mol. The summed E-state index contributed by atoms with van der Waals surface area (Å²) in [5.74, 6) is 1.39. The summed E-state index contributed by atoms with van der Waals surface area (Å²) in [5.41, 5.74) is 0.982. The van der Waals surface area contributed by atoms with E-state index in [-0.39, 0.29) is 12.5 Å². The first-order chi connectivity index (χ1) is 11.3. The van der Waals surface area contributed by atoms with Crippen LogP contribution in [0.25, 0.3) is 0 Å². The van der Waals surface area contributed by atoms with Crippen LogP contribution < -0.4 is 10.1 Å². The first-order valence-corrected chi connectivity index (χ1v) is 7.09. The first-order valence-electron chi connectivity index (χ1n) is 7.09. The lowest BCUT2D eigenvalue weighted by Crippen LogP contribution is -2.27. The third-order valence-corrected chi connectivity index (χ3v) is 3.09. The molecule has 116 valence electrons. The van der Waals surface area contributed by atoms with Crippen molar-refractivity contribution >= 4 is 5.91 Å². The van der Waals surface area contributed by atoms with Crippen molar-refractivity contribution in [2.45, 2.75) is 13.1 Å². The minimum atomic E-state index is -0.151. The monoisotopic (exact) mass is 309 g/mol. The van der Waals surface area contributed by atoms with Crippen molar-refractivity contribution in [1.82, 2.24) is 25.5 Å². The Morgan fingerprint density at radius 1 is 1.04 bits per heavy atom. The molecule has 0 saturated carbocycles. The molecule has 0 unspecified atom stereocenters. The van der Waals surface area contributed by atoms with Crippen LogP contribution in [0.5, 0.6) is 11.5 Å². The predicted octanol–water partition coefficient (Wildman–Crippen LogP) is 1.78. The zero-order chi connectivity index (χ0) is 15.9. The Labute approximate surface area is 132 Å². The van der Waals surface area contributed by atoms with E-state index in [4.69, 9.17) is 4.74 Å². The predicted molar refractivity (Wildman–Crippen MR) is 82.6 cm³/mol. The summed E-state index contributed by atoms with van der Waals surface area (Å²) in [6.07, 6.45) is 1.40. The fraction of sp³-hybridized carbons (Fsp3) is 0.125. The van der Waals surface area contributed by atoms with E-state index >= 15 is 0 Å². The molecule has 2 aromatic carbocycles. The van der Waals surface area contributed by atoms with Crippen LogP contribution in [0.4, 0.5) is 0 Å². The molecule has 3 aromatic rings. The van der Waals surface area contributed by atoms with Crippen LogP contribution in [-0.4, -0.2) is 26.1 Å². The SMILES string of the molecule is O=C(Cn1cnnn1)NCc1ccc(Oc2ccccc2)cc1. The molecule has 0 bridgehead atoms.